The van der Waals surface area contributed by atoms with Crippen LogP contribution in [0.15, 0.2) is 24.3 Å². The Morgan fingerprint density at radius 2 is 2.16 bits per heavy atom. The van der Waals surface area contributed by atoms with Gasteiger partial charge in [-0.3, -0.25) is 0 Å². The van der Waals surface area contributed by atoms with Crippen LogP contribution in [-0.2, 0) is 4.74 Å². The van der Waals surface area contributed by atoms with Gasteiger partial charge in [0.2, 0.25) is 0 Å². The van der Waals surface area contributed by atoms with E-state index < -0.39 is 6.10 Å². The molecule has 1 unspecified atom stereocenters. The van der Waals surface area contributed by atoms with Crippen molar-refractivity contribution in [3.8, 4) is 0 Å². The van der Waals surface area contributed by atoms with Crippen LogP contribution >= 0.6 is 0 Å². The fourth-order valence-corrected chi connectivity index (χ4v) is 1.89. The first-order valence-electron chi connectivity index (χ1n) is 7.19. The summed E-state index contributed by atoms with van der Waals surface area (Å²) in [7, 11) is 0. The molecule has 0 saturated carbocycles. The molecule has 0 saturated heterocycles. The molecule has 0 aliphatic rings. The van der Waals surface area contributed by atoms with Crippen LogP contribution in [0.2, 0.25) is 0 Å². The molecular weight excluding hydrogens is 238 g/mol. The van der Waals surface area contributed by atoms with E-state index in [1.54, 1.807) is 0 Å². The zero-order valence-electron chi connectivity index (χ0n) is 12.4. The highest BCUT2D eigenvalue weighted by Crippen LogP contribution is 2.13. The summed E-state index contributed by atoms with van der Waals surface area (Å²) in [6.07, 6.45) is 1.74. The number of aryl methyl sites for hydroxylation is 1. The Labute approximate surface area is 117 Å². The topological polar surface area (TPSA) is 41.5 Å². The fourth-order valence-electron chi connectivity index (χ4n) is 1.89. The van der Waals surface area contributed by atoms with Gasteiger partial charge < -0.3 is 15.2 Å². The molecule has 3 heteroatoms. The summed E-state index contributed by atoms with van der Waals surface area (Å²) in [6.45, 7) is 8.03. The Morgan fingerprint density at radius 1 is 1.37 bits per heavy atom. The lowest BCUT2D eigenvalue weighted by atomic mass is 10.1. The summed E-state index contributed by atoms with van der Waals surface area (Å²) in [5, 5.41) is 13.1. The third-order valence-corrected chi connectivity index (χ3v) is 3.15. The molecule has 1 rings (SSSR count). The van der Waals surface area contributed by atoms with Crippen molar-refractivity contribution in [1.29, 1.82) is 0 Å². The third kappa shape index (κ3) is 6.71. The minimum absolute atomic E-state index is 0.241. The standard InChI is InChI=1S/C16H27NO2/c1-4-5-9-19-12-16(18)11-17-14(3)15-8-6-7-13(2)10-15/h6-8,10,14,16-18H,4-5,9,11-12H2,1-3H3/t14-,16?/m0/s1. The molecule has 0 radical (unpaired) electrons. The summed E-state index contributed by atoms with van der Waals surface area (Å²) in [5.74, 6) is 0. The molecule has 1 aromatic carbocycles. The van der Waals surface area contributed by atoms with E-state index in [-0.39, 0.29) is 6.04 Å². The first-order chi connectivity index (χ1) is 9.13. The molecule has 2 atom stereocenters. The second kappa shape index (κ2) is 9.08. The van der Waals surface area contributed by atoms with Gasteiger partial charge in [0.05, 0.1) is 12.7 Å². The van der Waals surface area contributed by atoms with E-state index in [4.69, 9.17) is 4.74 Å². The molecule has 0 spiro atoms. The number of ether oxygens (including phenoxy) is 1. The highest BCUT2D eigenvalue weighted by Gasteiger charge is 2.08. The van der Waals surface area contributed by atoms with Crippen LogP contribution in [0.1, 0.15) is 43.9 Å². The van der Waals surface area contributed by atoms with Crippen LogP contribution in [0.4, 0.5) is 0 Å². The normalized spacial score (nSPS) is 14.3. The Kier molecular flexibility index (Phi) is 7.72. The van der Waals surface area contributed by atoms with Gasteiger partial charge in [0, 0.05) is 19.2 Å². The van der Waals surface area contributed by atoms with Gasteiger partial charge in [-0.2, -0.15) is 0 Å². The third-order valence-electron chi connectivity index (χ3n) is 3.15. The second-order valence-corrected chi connectivity index (χ2v) is 5.13. The van der Waals surface area contributed by atoms with Gasteiger partial charge in [0.25, 0.3) is 0 Å². The number of aliphatic hydroxyl groups is 1. The van der Waals surface area contributed by atoms with Gasteiger partial charge in [0.1, 0.15) is 0 Å². The molecule has 0 aliphatic carbocycles. The van der Waals surface area contributed by atoms with Gasteiger partial charge >= 0.3 is 0 Å². The van der Waals surface area contributed by atoms with Crippen molar-refractivity contribution in [2.24, 2.45) is 0 Å². The van der Waals surface area contributed by atoms with Gasteiger partial charge in [-0.05, 0) is 25.8 Å². The molecule has 2 N–H and O–H groups in total. The van der Waals surface area contributed by atoms with E-state index in [0.717, 1.165) is 19.4 Å². The van der Waals surface area contributed by atoms with Gasteiger partial charge in [-0.1, -0.05) is 43.2 Å². The molecule has 108 valence electrons. The maximum absolute atomic E-state index is 9.81. The summed E-state index contributed by atoms with van der Waals surface area (Å²) in [5.41, 5.74) is 2.51. The van der Waals surface area contributed by atoms with Crippen molar-refractivity contribution in [3.63, 3.8) is 0 Å². The zero-order valence-corrected chi connectivity index (χ0v) is 12.4. The molecule has 3 nitrogen and oxygen atoms in total. The summed E-state index contributed by atoms with van der Waals surface area (Å²) in [6, 6.07) is 8.67. The average molecular weight is 265 g/mol. The molecule has 0 fully saturated rings. The fraction of sp³-hybridized carbons (Fsp3) is 0.625. The zero-order chi connectivity index (χ0) is 14.1. The lowest BCUT2D eigenvalue weighted by molar-refractivity contribution is 0.0348. The minimum atomic E-state index is -0.441. The Hall–Kier alpha value is -0.900. The van der Waals surface area contributed by atoms with Crippen molar-refractivity contribution in [2.45, 2.75) is 45.8 Å². The molecule has 0 amide bonds. The molecule has 1 aromatic rings. The van der Waals surface area contributed by atoms with Crippen molar-refractivity contribution < 1.29 is 9.84 Å². The van der Waals surface area contributed by atoms with Crippen LogP contribution in [0.25, 0.3) is 0 Å². The predicted molar refractivity (Wildman–Crippen MR) is 79.3 cm³/mol. The number of unbranched alkanes of at least 4 members (excludes halogenated alkanes) is 1. The lowest BCUT2D eigenvalue weighted by Gasteiger charge is -2.18. The van der Waals surface area contributed by atoms with Crippen LogP contribution in [-0.4, -0.2) is 31.0 Å². The predicted octanol–water partition coefficient (Wildman–Crippen LogP) is 2.82. The molecular formula is C16H27NO2. The average Bonchev–Trinajstić information content (AvgIpc) is 2.41. The van der Waals surface area contributed by atoms with E-state index in [2.05, 4.69) is 50.4 Å². The van der Waals surface area contributed by atoms with E-state index in [0.29, 0.717) is 13.2 Å². The number of hydrogen-bond acceptors (Lipinski definition) is 3. The second-order valence-electron chi connectivity index (χ2n) is 5.13. The van der Waals surface area contributed by atoms with Crippen molar-refractivity contribution >= 4 is 0 Å². The number of benzene rings is 1. The van der Waals surface area contributed by atoms with Crippen molar-refractivity contribution in [2.75, 3.05) is 19.8 Å². The van der Waals surface area contributed by atoms with Crippen LogP contribution < -0.4 is 5.32 Å². The molecule has 19 heavy (non-hydrogen) atoms. The lowest BCUT2D eigenvalue weighted by Crippen LogP contribution is -2.32. The van der Waals surface area contributed by atoms with E-state index in [1.807, 2.05) is 0 Å². The highest BCUT2D eigenvalue weighted by molar-refractivity contribution is 5.24. The molecule has 0 heterocycles. The van der Waals surface area contributed by atoms with Gasteiger partial charge in [0.15, 0.2) is 0 Å². The maximum atomic E-state index is 9.81. The van der Waals surface area contributed by atoms with Crippen LogP contribution in [0, 0.1) is 6.92 Å². The summed E-state index contributed by atoms with van der Waals surface area (Å²) >= 11 is 0. The molecule has 0 bridgehead atoms. The number of aliphatic hydroxyl groups excluding tert-OH is 1. The number of nitrogens with one attached hydrogen (secondary N) is 1. The quantitative estimate of drug-likeness (QED) is 0.675. The summed E-state index contributed by atoms with van der Waals surface area (Å²) < 4.78 is 5.40. The highest BCUT2D eigenvalue weighted by atomic mass is 16.5. The maximum Gasteiger partial charge on any atom is 0.0897 e. The van der Waals surface area contributed by atoms with Crippen LogP contribution in [0.3, 0.4) is 0 Å². The molecule has 0 aromatic heterocycles. The SMILES string of the molecule is CCCCOCC(O)CN[C@@H](C)c1cccc(C)c1. The molecule has 0 aliphatic heterocycles. The Morgan fingerprint density at radius 3 is 2.84 bits per heavy atom. The van der Waals surface area contributed by atoms with Gasteiger partial charge in [-0.25, -0.2) is 0 Å². The van der Waals surface area contributed by atoms with E-state index >= 15 is 0 Å². The smallest absolute Gasteiger partial charge is 0.0897 e. The van der Waals surface area contributed by atoms with Gasteiger partial charge in [-0.15, -0.1) is 0 Å². The van der Waals surface area contributed by atoms with Crippen molar-refractivity contribution in [3.05, 3.63) is 35.4 Å². The van der Waals surface area contributed by atoms with E-state index in [1.165, 1.54) is 11.1 Å². The Balaban J connectivity index is 2.24. The van der Waals surface area contributed by atoms with Crippen molar-refractivity contribution in [1.82, 2.24) is 5.32 Å². The Bertz CT molecular complexity index is 354. The minimum Gasteiger partial charge on any atom is -0.389 e. The number of rotatable bonds is 9. The first kappa shape index (κ1) is 16.2. The monoisotopic (exact) mass is 265 g/mol. The van der Waals surface area contributed by atoms with E-state index in [9.17, 15) is 5.11 Å². The first-order valence-corrected chi connectivity index (χ1v) is 7.19. The largest absolute Gasteiger partial charge is 0.389 e. The number of hydrogen-bond donors (Lipinski definition) is 2. The summed E-state index contributed by atoms with van der Waals surface area (Å²) in [4.78, 5) is 0. The van der Waals surface area contributed by atoms with Crippen LogP contribution in [0.5, 0.6) is 0 Å².